The number of hydrogen-bond acceptors (Lipinski definition) is 5. The Morgan fingerprint density at radius 1 is 1.26 bits per heavy atom. The molecule has 1 aliphatic heterocycles. The van der Waals surface area contributed by atoms with E-state index in [9.17, 15) is 10.1 Å². The summed E-state index contributed by atoms with van der Waals surface area (Å²) in [5.74, 6) is 1.04. The maximum atomic E-state index is 11.5. The quantitative estimate of drug-likeness (QED) is 0.593. The van der Waals surface area contributed by atoms with Crippen molar-refractivity contribution in [2.45, 2.75) is 12.5 Å². The van der Waals surface area contributed by atoms with E-state index in [0.717, 1.165) is 17.7 Å². The molecule has 0 unspecified atom stereocenters. The molecule has 1 N–H and O–H groups in total. The molecule has 0 amide bonds. The highest BCUT2D eigenvalue weighted by Gasteiger charge is 2.27. The number of pyridine rings is 1. The van der Waals surface area contributed by atoms with E-state index in [2.05, 4.69) is 10.3 Å². The Balaban J connectivity index is 1.77. The molecule has 1 aliphatic rings. The predicted molar refractivity (Wildman–Crippen MR) is 84.8 cm³/mol. The summed E-state index contributed by atoms with van der Waals surface area (Å²) in [4.78, 5) is 15.4. The Kier molecular flexibility index (Phi) is 3.11. The van der Waals surface area contributed by atoms with Crippen molar-refractivity contribution in [1.29, 1.82) is 0 Å². The molecule has 0 aliphatic carbocycles. The van der Waals surface area contributed by atoms with Crippen LogP contribution in [-0.2, 0) is 0 Å². The van der Waals surface area contributed by atoms with Gasteiger partial charge in [-0.25, -0.2) is 0 Å². The Hall–Kier alpha value is -3.09. The standard InChI is InChI=1S/C16H14N4O3/c21-20(22)16-15(18-14-7-3-4-9-19(14)16)17-12-8-10-23-13-6-2-1-5-11(12)13/h1-7,9,12,17H,8,10H2/t12-/m0/s1. The number of imidazole rings is 1. The zero-order valence-corrected chi connectivity index (χ0v) is 12.2. The summed E-state index contributed by atoms with van der Waals surface area (Å²) in [5, 5.41) is 14.7. The van der Waals surface area contributed by atoms with Crippen LogP contribution in [0.5, 0.6) is 5.75 Å². The summed E-state index contributed by atoms with van der Waals surface area (Å²) in [6.45, 7) is 0.565. The van der Waals surface area contributed by atoms with Gasteiger partial charge < -0.3 is 20.2 Å². The molecule has 116 valence electrons. The van der Waals surface area contributed by atoms with Crippen molar-refractivity contribution in [3.8, 4) is 5.75 Å². The molecule has 0 saturated heterocycles. The molecule has 0 saturated carbocycles. The van der Waals surface area contributed by atoms with Crippen molar-refractivity contribution in [1.82, 2.24) is 9.38 Å². The number of aromatic nitrogens is 2. The molecule has 4 rings (SSSR count). The second-order valence-corrected chi connectivity index (χ2v) is 5.34. The Labute approximate surface area is 131 Å². The van der Waals surface area contributed by atoms with E-state index in [1.807, 2.05) is 24.3 Å². The fraction of sp³-hybridized carbons (Fsp3) is 0.188. The molecule has 23 heavy (non-hydrogen) atoms. The normalized spacial score (nSPS) is 16.6. The third-order valence-corrected chi connectivity index (χ3v) is 3.95. The van der Waals surface area contributed by atoms with E-state index in [-0.39, 0.29) is 17.7 Å². The Morgan fingerprint density at radius 3 is 2.96 bits per heavy atom. The molecule has 7 heteroatoms. The number of nitrogens with zero attached hydrogens (tertiary/aromatic N) is 3. The van der Waals surface area contributed by atoms with Gasteiger partial charge in [0, 0.05) is 18.1 Å². The lowest BCUT2D eigenvalue weighted by Gasteiger charge is -2.26. The van der Waals surface area contributed by atoms with Gasteiger partial charge in [0.25, 0.3) is 0 Å². The molecular formula is C16H14N4O3. The van der Waals surface area contributed by atoms with Crippen LogP contribution in [0.3, 0.4) is 0 Å². The fourth-order valence-corrected chi connectivity index (χ4v) is 2.91. The maximum absolute atomic E-state index is 11.5. The van der Waals surface area contributed by atoms with E-state index >= 15 is 0 Å². The van der Waals surface area contributed by atoms with E-state index in [1.165, 1.54) is 4.40 Å². The number of nitro groups is 1. The molecule has 7 nitrogen and oxygen atoms in total. The maximum Gasteiger partial charge on any atom is 0.372 e. The number of rotatable bonds is 3. The fourth-order valence-electron chi connectivity index (χ4n) is 2.91. The van der Waals surface area contributed by atoms with Gasteiger partial charge in [0.15, 0.2) is 0 Å². The highest BCUT2D eigenvalue weighted by molar-refractivity contribution is 5.63. The number of ether oxygens (including phenoxy) is 1. The van der Waals surface area contributed by atoms with E-state index in [4.69, 9.17) is 4.74 Å². The number of fused-ring (bicyclic) bond motifs is 2. The van der Waals surface area contributed by atoms with Gasteiger partial charge in [0.2, 0.25) is 11.5 Å². The molecule has 1 aromatic carbocycles. The second kappa shape index (κ2) is 5.28. The largest absolute Gasteiger partial charge is 0.493 e. The zero-order chi connectivity index (χ0) is 15.8. The zero-order valence-electron chi connectivity index (χ0n) is 12.2. The van der Waals surface area contributed by atoms with E-state index in [0.29, 0.717) is 12.3 Å². The summed E-state index contributed by atoms with van der Waals surface area (Å²) in [6, 6.07) is 12.9. The topological polar surface area (TPSA) is 81.7 Å². The van der Waals surface area contributed by atoms with Crippen molar-refractivity contribution in [3.63, 3.8) is 0 Å². The summed E-state index contributed by atoms with van der Waals surface area (Å²) in [7, 11) is 0. The van der Waals surface area contributed by atoms with Crippen molar-refractivity contribution in [2.75, 3.05) is 11.9 Å². The average Bonchev–Trinajstić information content (AvgIpc) is 2.93. The van der Waals surface area contributed by atoms with Gasteiger partial charge in [-0.05, 0) is 17.1 Å². The Bertz CT molecular complexity index is 890. The molecule has 0 fully saturated rings. The van der Waals surface area contributed by atoms with Gasteiger partial charge in [0.05, 0.1) is 18.8 Å². The van der Waals surface area contributed by atoms with Gasteiger partial charge in [-0.15, -0.1) is 0 Å². The first-order valence-corrected chi connectivity index (χ1v) is 7.34. The third kappa shape index (κ3) is 2.26. The molecular weight excluding hydrogens is 296 g/mol. The molecule has 0 bridgehead atoms. The van der Waals surface area contributed by atoms with Crippen LogP contribution in [0.15, 0.2) is 48.7 Å². The Morgan fingerprint density at radius 2 is 2.09 bits per heavy atom. The number of benzene rings is 1. The number of hydrogen-bond donors (Lipinski definition) is 1. The molecule has 3 aromatic rings. The minimum atomic E-state index is -0.409. The van der Waals surface area contributed by atoms with Crippen LogP contribution in [-0.4, -0.2) is 20.9 Å². The smallest absolute Gasteiger partial charge is 0.372 e. The van der Waals surface area contributed by atoms with Gasteiger partial charge in [-0.1, -0.05) is 24.3 Å². The average molecular weight is 310 g/mol. The SMILES string of the molecule is O=[N+]([O-])c1c(N[C@H]2CCOc3ccccc32)nc2ccccn12. The van der Waals surface area contributed by atoms with Crippen molar-refractivity contribution in [2.24, 2.45) is 0 Å². The lowest BCUT2D eigenvalue weighted by Crippen LogP contribution is -2.20. The lowest BCUT2D eigenvalue weighted by atomic mass is 10.0. The molecule has 1 atom stereocenters. The summed E-state index contributed by atoms with van der Waals surface area (Å²) in [5.41, 5.74) is 1.53. The van der Waals surface area contributed by atoms with Gasteiger partial charge >= 0.3 is 5.82 Å². The van der Waals surface area contributed by atoms with E-state index in [1.54, 1.807) is 24.4 Å². The summed E-state index contributed by atoms with van der Waals surface area (Å²) >= 11 is 0. The first kappa shape index (κ1) is 13.6. The van der Waals surface area contributed by atoms with Crippen LogP contribution in [0.4, 0.5) is 11.6 Å². The van der Waals surface area contributed by atoms with Gasteiger partial charge in [0.1, 0.15) is 5.75 Å². The molecule has 3 heterocycles. The van der Waals surface area contributed by atoms with Crippen LogP contribution in [0.2, 0.25) is 0 Å². The summed E-state index contributed by atoms with van der Waals surface area (Å²) in [6.07, 6.45) is 2.37. The molecule has 2 aromatic heterocycles. The first-order chi connectivity index (χ1) is 11.2. The molecule has 0 spiro atoms. The van der Waals surface area contributed by atoms with Crippen LogP contribution in [0, 0.1) is 10.1 Å². The van der Waals surface area contributed by atoms with Crippen LogP contribution < -0.4 is 10.1 Å². The van der Waals surface area contributed by atoms with Gasteiger partial charge in [-0.2, -0.15) is 9.38 Å². The monoisotopic (exact) mass is 310 g/mol. The van der Waals surface area contributed by atoms with E-state index < -0.39 is 4.92 Å². The number of anilines is 1. The third-order valence-electron chi connectivity index (χ3n) is 3.95. The van der Waals surface area contributed by atoms with Crippen LogP contribution >= 0.6 is 0 Å². The second-order valence-electron chi connectivity index (χ2n) is 5.34. The van der Waals surface area contributed by atoms with Gasteiger partial charge in [-0.3, -0.25) is 0 Å². The minimum absolute atomic E-state index is 0.0513. The summed E-state index contributed by atoms with van der Waals surface area (Å²) < 4.78 is 7.11. The van der Waals surface area contributed by atoms with Crippen molar-refractivity contribution in [3.05, 3.63) is 64.3 Å². The highest BCUT2D eigenvalue weighted by Crippen LogP contribution is 2.36. The predicted octanol–water partition coefficient (Wildman–Crippen LogP) is 3.18. The van der Waals surface area contributed by atoms with Crippen molar-refractivity contribution >= 4 is 17.3 Å². The van der Waals surface area contributed by atoms with Crippen LogP contribution in [0.25, 0.3) is 5.65 Å². The van der Waals surface area contributed by atoms with Crippen LogP contribution in [0.1, 0.15) is 18.0 Å². The lowest BCUT2D eigenvalue weighted by molar-refractivity contribution is -0.389. The first-order valence-electron chi connectivity index (χ1n) is 7.34. The number of nitrogens with one attached hydrogen (secondary N) is 1. The highest BCUT2D eigenvalue weighted by atomic mass is 16.6. The molecule has 0 radical (unpaired) electrons. The number of para-hydroxylation sites is 1. The minimum Gasteiger partial charge on any atom is -0.493 e. The van der Waals surface area contributed by atoms with Crippen molar-refractivity contribution < 1.29 is 9.66 Å².